The van der Waals surface area contributed by atoms with E-state index in [-0.39, 0.29) is 5.75 Å². The zero-order valence-electron chi connectivity index (χ0n) is 10.0. The second kappa shape index (κ2) is 5.99. The van der Waals surface area contributed by atoms with Crippen LogP contribution in [0.1, 0.15) is 11.1 Å². The van der Waals surface area contributed by atoms with E-state index in [1.54, 1.807) is 18.2 Å². The van der Waals surface area contributed by atoms with Gasteiger partial charge in [-0.05, 0) is 36.8 Å². The second-order valence-electron chi connectivity index (χ2n) is 4.05. The minimum absolute atomic E-state index is 0.228. The number of anilines is 1. The number of nitrogens with one attached hydrogen (secondary N) is 1. The number of phenols is 1. The molecular formula is C13H11BrCl2N2O. The summed E-state index contributed by atoms with van der Waals surface area (Å²) in [6, 6.07) is 6.99. The first-order chi connectivity index (χ1) is 8.97. The van der Waals surface area contributed by atoms with Crippen LogP contribution in [0.4, 0.5) is 5.69 Å². The van der Waals surface area contributed by atoms with Gasteiger partial charge in [-0.15, -0.1) is 0 Å². The highest BCUT2D eigenvalue weighted by Gasteiger charge is 2.09. The molecule has 0 amide bonds. The highest BCUT2D eigenvalue weighted by Crippen LogP contribution is 2.28. The van der Waals surface area contributed by atoms with E-state index in [4.69, 9.17) is 23.2 Å². The Bertz CT molecular complexity index is 597. The lowest BCUT2D eigenvalue weighted by molar-refractivity contribution is 0.469. The second-order valence-corrected chi connectivity index (χ2v) is 5.72. The fraction of sp³-hybridized carbons (Fsp3) is 0.154. The molecule has 0 spiro atoms. The minimum Gasteiger partial charge on any atom is -0.508 e. The van der Waals surface area contributed by atoms with E-state index in [1.807, 2.05) is 13.0 Å². The molecule has 0 aliphatic rings. The van der Waals surface area contributed by atoms with Crippen LogP contribution in [0.2, 0.25) is 10.3 Å². The number of hydrogen-bond donors (Lipinski definition) is 2. The first-order valence-corrected chi connectivity index (χ1v) is 7.06. The summed E-state index contributed by atoms with van der Waals surface area (Å²) in [5.41, 5.74) is 2.38. The molecule has 0 bridgehead atoms. The van der Waals surface area contributed by atoms with Crippen LogP contribution < -0.4 is 5.32 Å². The fourth-order valence-electron chi connectivity index (χ4n) is 1.69. The van der Waals surface area contributed by atoms with E-state index < -0.39 is 0 Å². The van der Waals surface area contributed by atoms with Crippen LogP contribution in [0.25, 0.3) is 0 Å². The van der Waals surface area contributed by atoms with E-state index in [0.29, 0.717) is 22.5 Å². The molecule has 2 aromatic rings. The minimum atomic E-state index is 0.228. The number of pyridine rings is 1. The molecule has 2 rings (SSSR count). The largest absolute Gasteiger partial charge is 0.508 e. The summed E-state index contributed by atoms with van der Waals surface area (Å²) in [5, 5.41) is 13.6. The Morgan fingerprint density at radius 3 is 2.74 bits per heavy atom. The molecule has 19 heavy (non-hydrogen) atoms. The van der Waals surface area contributed by atoms with Gasteiger partial charge in [-0.2, -0.15) is 0 Å². The van der Waals surface area contributed by atoms with Crippen molar-refractivity contribution in [1.82, 2.24) is 4.98 Å². The Labute approximate surface area is 129 Å². The Morgan fingerprint density at radius 1 is 1.32 bits per heavy atom. The molecule has 2 N–H and O–H groups in total. The summed E-state index contributed by atoms with van der Waals surface area (Å²) in [4.78, 5) is 3.98. The molecule has 3 nitrogen and oxygen atoms in total. The standard InChI is InChI=1S/C13H11BrCl2N2O/c1-7-4-11(15)18-13(16)12(7)17-6-8-5-9(14)2-3-10(8)19/h2-5,17,19H,6H2,1H3. The van der Waals surface area contributed by atoms with Crippen LogP contribution in [0.15, 0.2) is 28.7 Å². The number of aryl methyl sites for hydroxylation is 1. The summed E-state index contributed by atoms with van der Waals surface area (Å²) in [5.74, 6) is 0.228. The number of halogens is 3. The first kappa shape index (κ1) is 14.4. The number of benzene rings is 1. The zero-order chi connectivity index (χ0) is 14.0. The molecule has 0 fully saturated rings. The predicted octanol–water partition coefficient (Wildman–Crippen LogP) is 4.78. The lowest BCUT2D eigenvalue weighted by Gasteiger charge is -2.12. The van der Waals surface area contributed by atoms with Gasteiger partial charge in [-0.3, -0.25) is 0 Å². The molecule has 1 aromatic carbocycles. The van der Waals surface area contributed by atoms with Gasteiger partial charge in [0.05, 0.1) is 5.69 Å². The molecule has 0 saturated carbocycles. The Balaban J connectivity index is 2.21. The molecule has 0 aliphatic heterocycles. The van der Waals surface area contributed by atoms with Crippen molar-refractivity contribution in [3.63, 3.8) is 0 Å². The molecule has 0 saturated heterocycles. The van der Waals surface area contributed by atoms with E-state index in [0.717, 1.165) is 15.6 Å². The summed E-state index contributed by atoms with van der Waals surface area (Å²) in [7, 11) is 0. The molecule has 100 valence electrons. The lowest BCUT2D eigenvalue weighted by atomic mass is 10.2. The average molecular weight is 362 g/mol. The van der Waals surface area contributed by atoms with Crippen molar-refractivity contribution in [3.8, 4) is 5.75 Å². The summed E-state index contributed by atoms with van der Waals surface area (Å²) >= 11 is 15.2. The fourth-order valence-corrected chi connectivity index (χ4v) is 2.69. The lowest BCUT2D eigenvalue weighted by Crippen LogP contribution is -2.03. The van der Waals surface area contributed by atoms with Gasteiger partial charge in [0.15, 0.2) is 5.15 Å². The van der Waals surface area contributed by atoms with Crippen molar-refractivity contribution in [2.75, 3.05) is 5.32 Å². The van der Waals surface area contributed by atoms with Crippen molar-refractivity contribution in [2.45, 2.75) is 13.5 Å². The molecule has 0 unspecified atom stereocenters. The number of phenolic OH excluding ortho intramolecular Hbond substituents is 1. The summed E-state index contributed by atoms with van der Waals surface area (Å²) < 4.78 is 0.902. The molecular weight excluding hydrogens is 351 g/mol. The molecule has 1 heterocycles. The summed E-state index contributed by atoms with van der Waals surface area (Å²) in [6.07, 6.45) is 0. The van der Waals surface area contributed by atoms with Crippen LogP contribution in [-0.4, -0.2) is 10.1 Å². The average Bonchev–Trinajstić information content (AvgIpc) is 2.32. The van der Waals surface area contributed by atoms with Crippen molar-refractivity contribution >= 4 is 44.8 Å². The highest BCUT2D eigenvalue weighted by molar-refractivity contribution is 9.10. The molecule has 0 atom stereocenters. The smallest absolute Gasteiger partial charge is 0.154 e. The SMILES string of the molecule is Cc1cc(Cl)nc(Cl)c1NCc1cc(Br)ccc1O. The maximum absolute atomic E-state index is 9.77. The van der Waals surface area contributed by atoms with Crippen molar-refractivity contribution < 1.29 is 5.11 Å². The monoisotopic (exact) mass is 360 g/mol. The first-order valence-electron chi connectivity index (χ1n) is 5.51. The maximum atomic E-state index is 9.77. The number of aromatic hydroxyl groups is 1. The molecule has 6 heteroatoms. The van der Waals surface area contributed by atoms with Gasteiger partial charge >= 0.3 is 0 Å². The maximum Gasteiger partial charge on any atom is 0.154 e. The van der Waals surface area contributed by atoms with Crippen LogP contribution in [0, 0.1) is 6.92 Å². The number of aromatic nitrogens is 1. The predicted molar refractivity (Wildman–Crippen MR) is 82.1 cm³/mol. The van der Waals surface area contributed by atoms with Gasteiger partial charge in [-0.1, -0.05) is 39.1 Å². The van der Waals surface area contributed by atoms with E-state index in [1.165, 1.54) is 0 Å². The van der Waals surface area contributed by atoms with Crippen LogP contribution in [-0.2, 0) is 6.54 Å². The highest BCUT2D eigenvalue weighted by atomic mass is 79.9. The summed E-state index contributed by atoms with van der Waals surface area (Å²) in [6.45, 7) is 2.33. The quantitative estimate of drug-likeness (QED) is 0.773. The van der Waals surface area contributed by atoms with Gasteiger partial charge in [0.25, 0.3) is 0 Å². The van der Waals surface area contributed by atoms with Gasteiger partial charge in [0.2, 0.25) is 0 Å². The Kier molecular flexibility index (Phi) is 4.55. The van der Waals surface area contributed by atoms with E-state index in [9.17, 15) is 5.11 Å². The van der Waals surface area contributed by atoms with E-state index in [2.05, 4.69) is 26.2 Å². The van der Waals surface area contributed by atoms with Crippen molar-refractivity contribution in [1.29, 1.82) is 0 Å². The number of nitrogens with zero attached hydrogens (tertiary/aromatic N) is 1. The van der Waals surface area contributed by atoms with Gasteiger partial charge < -0.3 is 10.4 Å². The van der Waals surface area contributed by atoms with Crippen LogP contribution in [0.5, 0.6) is 5.75 Å². The number of hydrogen-bond acceptors (Lipinski definition) is 3. The Morgan fingerprint density at radius 2 is 2.05 bits per heavy atom. The third-order valence-corrected chi connectivity index (χ3v) is 3.60. The third kappa shape index (κ3) is 3.53. The van der Waals surface area contributed by atoms with Gasteiger partial charge in [0, 0.05) is 16.6 Å². The molecule has 1 aromatic heterocycles. The van der Waals surface area contributed by atoms with Crippen molar-refractivity contribution in [3.05, 3.63) is 50.2 Å². The van der Waals surface area contributed by atoms with Gasteiger partial charge in [-0.25, -0.2) is 4.98 Å². The van der Waals surface area contributed by atoms with Crippen molar-refractivity contribution in [2.24, 2.45) is 0 Å². The zero-order valence-corrected chi connectivity index (χ0v) is 13.1. The van der Waals surface area contributed by atoms with E-state index >= 15 is 0 Å². The Hall–Kier alpha value is -0.970. The molecule has 0 radical (unpaired) electrons. The normalized spacial score (nSPS) is 10.5. The van der Waals surface area contributed by atoms with Gasteiger partial charge in [0.1, 0.15) is 10.9 Å². The topological polar surface area (TPSA) is 45.2 Å². The van der Waals surface area contributed by atoms with Crippen LogP contribution >= 0.6 is 39.1 Å². The number of rotatable bonds is 3. The van der Waals surface area contributed by atoms with Crippen LogP contribution in [0.3, 0.4) is 0 Å². The molecule has 0 aliphatic carbocycles. The third-order valence-electron chi connectivity index (χ3n) is 2.64.